The Morgan fingerprint density at radius 1 is 1.46 bits per heavy atom. The number of hydrogen-bond donors (Lipinski definition) is 1. The maximum Gasteiger partial charge on any atom is 0.246 e. The number of nitrogens with one attached hydrogen (secondary N) is 1. The number of carbonyl (C=O) groups excluding carboxylic acids is 1. The summed E-state index contributed by atoms with van der Waals surface area (Å²) < 4.78 is 26.2. The van der Waals surface area contributed by atoms with Gasteiger partial charge in [0.05, 0.1) is 18.0 Å². The molecule has 28 heavy (non-hydrogen) atoms. The van der Waals surface area contributed by atoms with Gasteiger partial charge in [0.1, 0.15) is 24.3 Å². The molecule has 0 bridgehead atoms. The van der Waals surface area contributed by atoms with Gasteiger partial charge in [0.15, 0.2) is 0 Å². The van der Waals surface area contributed by atoms with Gasteiger partial charge in [-0.2, -0.15) is 0 Å². The van der Waals surface area contributed by atoms with Crippen LogP contribution in [0.3, 0.4) is 0 Å². The summed E-state index contributed by atoms with van der Waals surface area (Å²) in [4.78, 5) is 25.3. The first-order valence-electron chi connectivity index (χ1n) is 9.72. The molecule has 0 radical (unpaired) electrons. The average molecular weight is 388 g/mol. The van der Waals surface area contributed by atoms with E-state index in [1.54, 1.807) is 4.90 Å². The summed E-state index contributed by atoms with van der Waals surface area (Å²) in [5.74, 6) is 0.449. The van der Waals surface area contributed by atoms with Crippen LogP contribution < -0.4 is 4.74 Å². The van der Waals surface area contributed by atoms with Crippen molar-refractivity contribution in [3.05, 3.63) is 30.7 Å². The fourth-order valence-electron chi connectivity index (χ4n) is 4.12. The van der Waals surface area contributed by atoms with Crippen LogP contribution in [-0.4, -0.2) is 63.8 Å². The number of fused-ring (bicyclic) bond motifs is 1. The normalized spacial score (nSPS) is 28.3. The molecule has 1 amide bonds. The van der Waals surface area contributed by atoms with Gasteiger partial charge >= 0.3 is 0 Å². The van der Waals surface area contributed by atoms with Crippen LogP contribution in [0.25, 0.3) is 11.0 Å². The second-order valence-corrected chi connectivity index (χ2v) is 7.50. The number of hydrogen-bond acceptors (Lipinski definition) is 5. The first-order chi connectivity index (χ1) is 13.6. The summed E-state index contributed by atoms with van der Waals surface area (Å²) in [6, 6.07) is 0. The molecule has 7 nitrogen and oxygen atoms in total. The van der Waals surface area contributed by atoms with E-state index in [0.29, 0.717) is 30.6 Å². The number of amides is 1. The van der Waals surface area contributed by atoms with Gasteiger partial charge in [-0.25, -0.2) is 14.4 Å². The Kier molecular flexibility index (Phi) is 5.30. The van der Waals surface area contributed by atoms with E-state index in [1.165, 1.54) is 12.4 Å². The van der Waals surface area contributed by atoms with Crippen molar-refractivity contribution in [1.82, 2.24) is 19.9 Å². The van der Waals surface area contributed by atoms with Crippen LogP contribution in [0.15, 0.2) is 25.2 Å². The summed E-state index contributed by atoms with van der Waals surface area (Å²) in [7, 11) is 0. The van der Waals surface area contributed by atoms with Crippen LogP contribution in [0.4, 0.5) is 4.39 Å². The van der Waals surface area contributed by atoms with Gasteiger partial charge in [0.2, 0.25) is 11.8 Å². The predicted octanol–water partition coefficient (Wildman–Crippen LogP) is 2.74. The van der Waals surface area contributed by atoms with E-state index in [-0.39, 0.29) is 25.0 Å². The van der Waals surface area contributed by atoms with Crippen molar-refractivity contribution < 1.29 is 18.7 Å². The third kappa shape index (κ3) is 3.61. The summed E-state index contributed by atoms with van der Waals surface area (Å²) in [5, 5.41) is 0.793. The Bertz CT molecular complexity index is 870. The highest BCUT2D eigenvalue weighted by atomic mass is 19.1. The molecule has 1 N–H and O–H groups in total. The maximum absolute atomic E-state index is 14.6. The van der Waals surface area contributed by atoms with E-state index < -0.39 is 12.3 Å². The molecule has 4 rings (SSSR count). The van der Waals surface area contributed by atoms with Crippen LogP contribution in [0.2, 0.25) is 0 Å². The van der Waals surface area contributed by atoms with Crippen LogP contribution in [0.5, 0.6) is 5.88 Å². The fraction of sp³-hybridized carbons (Fsp3) is 0.550. The average Bonchev–Trinajstić information content (AvgIpc) is 3.14. The minimum atomic E-state index is -1.16. The van der Waals surface area contributed by atoms with E-state index >= 15 is 0 Å². The zero-order chi connectivity index (χ0) is 19.7. The molecule has 0 aliphatic carbocycles. The third-order valence-electron chi connectivity index (χ3n) is 5.62. The lowest BCUT2D eigenvalue weighted by Gasteiger charge is -2.34. The molecule has 2 aromatic rings. The number of carbonyl (C=O) groups is 1. The summed E-state index contributed by atoms with van der Waals surface area (Å²) in [5.41, 5.74) is 1.75. The number of likely N-dealkylation sites (tertiary alicyclic amines) is 1. The molecule has 2 aliphatic heterocycles. The van der Waals surface area contributed by atoms with Crippen molar-refractivity contribution in [3.8, 4) is 5.88 Å². The standard InChI is InChI=1S/C20H25FN4O3/c1-3-17(26)25-6-4-15(21)16(10-25)28-20-18-14(9-22-19(18)23-11-24-20)13-5-7-27-12(2)8-13/h3,9,11-13,15-16H,1,4-8,10H2,2H3,(H,22,23,24)/t12?,13?,15-,16+/m1/s1. The van der Waals surface area contributed by atoms with E-state index in [2.05, 4.69) is 28.5 Å². The van der Waals surface area contributed by atoms with Crippen molar-refractivity contribution in [1.29, 1.82) is 0 Å². The number of piperidine rings is 1. The lowest BCUT2D eigenvalue weighted by molar-refractivity contribution is -0.130. The van der Waals surface area contributed by atoms with E-state index in [9.17, 15) is 9.18 Å². The molecule has 150 valence electrons. The predicted molar refractivity (Wildman–Crippen MR) is 102 cm³/mol. The lowest BCUT2D eigenvalue weighted by atomic mass is 9.89. The SMILES string of the molecule is C=CC(=O)N1CC[C@@H](F)[C@@H](Oc2ncnc3[nH]cc(C4CCOC(C)C4)c23)C1. The van der Waals surface area contributed by atoms with Gasteiger partial charge in [0, 0.05) is 19.3 Å². The van der Waals surface area contributed by atoms with E-state index in [4.69, 9.17) is 9.47 Å². The van der Waals surface area contributed by atoms with Crippen LogP contribution in [-0.2, 0) is 9.53 Å². The molecule has 2 aliphatic rings. The van der Waals surface area contributed by atoms with Crippen LogP contribution >= 0.6 is 0 Å². The zero-order valence-electron chi connectivity index (χ0n) is 15.9. The number of H-pyrrole nitrogens is 1. The molecule has 2 saturated heterocycles. The first kappa shape index (κ1) is 18.9. The van der Waals surface area contributed by atoms with Crippen molar-refractivity contribution in [2.24, 2.45) is 0 Å². The number of halogens is 1. The molecule has 0 spiro atoms. The molecular formula is C20H25FN4O3. The second-order valence-electron chi connectivity index (χ2n) is 7.50. The molecule has 2 aromatic heterocycles. The highest BCUT2D eigenvalue weighted by Crippen LogP contribution is 2.37. The zero-order valence-corrected chi connectivity index (χ0v) is 15.9. The van der Waals surface area contributed by atoms with Gasteiger partial charge in [-0.1, -0.05) is 6.58 Å². The topological polar surface area (TPSA) is 80.3 Å². The fourth-order valence-corrected chi connectivity index (χ4v) is 4.12. The number of rotatable bonds is 4. The van der Waals surface area contributed by atoms with Gasteiger partial charge in [-0.15, -0.1) is 0 Å². The Hall–Kier alpha value is -2.48. The van der Waals surface area contributed by atoms with Crippen molar-refractivity contribution in [2.75, 3.05) is 19.7 Å². The van der Waals surface area contributed by atoms with Crippen LogP contribution in [0, 0.1) is 0 Å². The monoisotopic (exact) mass is 388 g/mol. The Labute approximate surface area is 162 Å². The van der Waals surface area contributed by atoms with Crippen LogP contribution in [0.1, 0.15) is 37.7 Å². The molecule has 4 heterocycles. The van der Waals surface area contributed by atoms with Crippen molar-refractivity contribution in [2.45, 2.75) is 50.5 Å². The lowest BCUT2D eigenvalue weighted by Crippen LogP contribution is -2.49. The van der Waals surface area contributed by atoms with Gasteiger partial charge in [-0.3, -0.25) is 4.79 Å². The molecular weight excluding hydrogens is 363 g/mol. The highest BCUT2D eigenvalue weighted by Gasteiger charge is 2.34. The van der Waals surface area contributed by atoms with E-state index in [0.717, 1.165) is 23.8 Å². The van der Waals surface area contributed by atoms with Gasteiger partial charge < -0.3 is 19.4 Å². The molecule has 2 unspecified atom stereocenters. The quantitative estimate of drug-likeness (QED) is 0.815. The number of alkyl halides is 1. The number of ether oxygens (including phenoxy) is 2. The van der Waals surface area contributed by atoms with Crippen molar-refractivity contribution in [3.63, 3.8) is 0 Å². The van der Waals surface area contributed by atoms with E-state index in [1.807, 2.05) is 6.20 Å². The van der Waals surface area contributed by atoms with Gasteiger partial charge in [-0.05, 0) is 43.7 Å². The maximum atomic E-state index is 14.6. The Balaban J connectivity index is 1.62. The first-order valence-corrected chi connectivity index (χ1v) is 9.72. The Morgan fingerprint density at radius 2 is 2.32 bits per heavy atom. The molecule has 8 heteroatoms. The Morgan fingerprint density at radius 3 is 3.11 bits per heavy atom. The minimum Gasteiger partial charge on any atom is -0.469 e. The third-order valence-corrected chi connectivity index (χ3v) is 5.62. The smallest absolute Gasteiger partial charge is 0.246 e. The number of aromatic nitrogens is 3. The summed E-state index contributed by atoms with van der Waals surface area (Å²) >= 11 is 0. The minimum absolute atomic E-state index is 0.172. The highest BCUT2D eigenvalue weighted by molar-refractivity contribution is 5.87. The number of aromatic amines is 1. The molecule has 0 aromatic carbocycles. The molecule has 4 atom stereocenters. The summed E-state index contributed by atoms with van der Waals surface area (Å²) in [6.07, 6.45) is 4.89. The summed E-state index contributed by atoms with van der Waals surface area (Å²) in [6.45, 7) is 6.81. The molecule has 0 saturated carbocycles. The number of nitrogens with zero attached hydrogens (tertiary/aromatic N) is 3. The van der Waals surface area contributed by atoms with Crippen molar-refractivity contribution >= 4 is 16.9 Å². The molecule has 2 fully saturated rings. The van der Waals surface area contributed by atoms with Gasteiger partial charge in [0.25, 0.3) is 0 Å². The largest absolute Gasteiger partial charge is 0.469 e. The second kappa shape index (κ2) is 7.87.